The maximum Gasteiger partial charge on any atom is 0.254 e. The van der Waals surface area contributed by atoms with Crippen LogP contribution in [0.5, 0.6) is 0 Å². The van der Waals surface area contributed by atoms with Crippen LogP contribution in [0.1, 0.15) is 21.5 Å². The van der Waals surface area contributed by atoms with Gasteiger partial charge in [-0.15, -0.1) is 11.3 Å². The highest BCUT2D eigenvalue weighted by Crippen LogP contribution is 2.35. The van der Waals surface area contributed by atoms with Gasteiger partial charge in [0.25, 0.3) is 11.5 Å². The molecule has 8 nitrogen and oxygen atoms in total. The Bertz CT molecular complexity index is 1250. The van der Waals surface area contributed by atoms with Crippen LogP contribution in [0.25, 0.3) is 27.5 Å². The molecule has 5 N–H and O–H groups in total. The number of aromatic amines is 1. The molecule has 0 aliphatic heterocycles. The van der Waals surface area contributed by atoms with Crippen molar-refractivity contribution in [3.05, 3.63) is 57.2 Å². The van der Waals surface area contributed by atoms with Crippen molar-refractivity contribution >= 4 is 28.6 Å². The molecular formula is C18H16N6O2S. The number of H-pyrrole nitrogens is 1. The number of fused-ring (bicyclic) bond motifs is 1. The summed E-state index contributed by atoms with van der Waals surface area (Å²) in [6.07, 6.45) is 6.83. The van der Waals surface area contributed by atoms with Gasteiger partial charge >= 0.3 is 0 Å². The lowest BCUT2D eigenvalue weighted by atomic mass is 9.96. The second kappa shape index (κ2) is 6.06. The van der Waals surface area contributed by atoms with E-state index in [9.17, 15) is 9.59 Å². The van der Waals surface area contributed by atoms with Crippen LogP contribution in [0, 0.1) is 13.8 Å². The maximum atomic E-state index is 12.2. The molecule has 0 radical (unpaired) electrons. The van der Waals surface area contributed by atoms with E-state index in [0.717, 1.165) is 10.6 Å². The van der Waals surface area contributed by atoms with Crippen LogP contribution < -0.4 is 17.0 Å². The molecule has 0 unspecified atom stereocenters. The number of primary amides is 1. The lowest BCUT2D eigenvalue weighted by Crippen LogP contribution is -2.17. The predicted molar refractivity (Wildman–Crippen MR) is 105 cm³/mol. The summed E-state index contributed by atoms with van der Waals surface area (Å²) >= 11 is 1.44. The zero-order chi connectivity index (χ0) is 19.3. The standard InChI is InChI=1S/C18H16N6O2S/c1-8-5-22-17(26)9(2)12(8)10-6-24-7-11(18-21-3-4-27-18)23-16(24)13(14(10)19)15(20)25/h3-7H,19H2,1-2H3,(H2,20,25)(H,22,26). The summed E-state index contributed by atoms with van der Waals surface area (Å²) in [7, 11) is 0. The topological polar surface area (TPSA) is 132 Å². The molecule has 0 atom stereocenters. The Hall–Kier alpha value is -3.46. The minimum Gasteiger partial charge on any atom is -0.397 e. The first-order chi connectivity index (χ1) is 12.9. The zero-order valence-electron chi connectivity index (χ0n) is 14.6. The van der Waals surface area contributed by atoms with E-state index in [0.29, 0.717) is 28.0 Å². The average Bonchev–Trinajstić information content (AvgIpc) is 3.27. The van der Waals surface area contributed by atoms with Gasteiger partial charge in [0.05, 0.1) is 5.69 Å². The third kappa shape index (κ3) is 2.59. The quantitative estimate of drug-likeness (QED) is 0.501. The van der Waals surface area contributed by atoms with Crippen LogP contribution in [0.15, 0.2) is 35.0 Å². The summed E-state index contributed by atoms with van der Waals surface area (Å²) < 4.78 is 1.70. The summed E-state index contributed by atoms with van der Waals surface area (Å²) in [5.74, 6) is -0.684. The number of carbonyl (C=O) groups is 1. The Morgan fingerprint density at radius 3 is 2.74 bits per heavy atom. The Labute approximate surface area is 157 Å². The van der Waals surface area contributed by atoms with Crippen LogP contribution in [-0.2, 0) is 0 Å². The SMILES string of the molecule is Cc1c[nH]c(=O)c(C)c1-c1cn2cc(-c3nccs3)nc2c(C(N)=O)c1N. The highest BCUT2D eigenvalue weighted by molar-refractivity contribution is 7.13. The van der Waals surface area contributed by atoms with Crippen LogP contribution in [0.4, 0.5) is 5.69 Å². The zero-order valence-corrected chi connectivity index (χ0v) is 15.4. The van der Waals surface area contributed by atoms with Crippen LogP contribution in [0.3, 0.4) is 0 Å². The van der Waals surface area contributed by atoms with Crippen LogP contribution in [-0.4, -0.2) is 25.3 Å². The van der Waals surface area contributed by atoms with Crippen molar-refractivity contribution in [3.8, 4) is 21.8 Å². The van der Waals surface area contributed by atoms with Crippen LogP contribution >= 0.6 is 11.3 Å². The minimum atomic E-state index is -0.684. The first-order valence-electron chi connectivity index (χ1n) is 8.08. The number of aryl methyl sites for hydroxylation is 1. The molecule has 0 aliphatic carbocycles. The fourth-order valence-corrected chi connectivity index (χ4v) is 3.81. The number of pyridine rings is 2. The minimum absolute atomic E-state index is 0.120. The number of nitrogens with two attached hydrogens (primary N) is 2. The van der Waals surface area contributed by atoms with Crippen molar-refractivity contribution in [1.82, 2.24) is 19.4 Å². The Kier molecular flexibility index (Phi) is 3.81. The molecule has 0 fully saturated rings. The fraction of sp³-hybridized carbons (Fsp3) is 0.111. The highest BCUT2D eigenvalue weighted by atomic mass is 32.1. The maximum absolute atomic E-state index is 12.2. The molecule has 1 amide bonds. The van der Waals surface area contributed by atoms with Crippen molar-refractivity contribution < 1.29 is 4.79 Å². The number of nitrogens with one attached hydrogen (secondary N) is 1. The van der Waals surface area contributed by atoms with Crippen molar-refractivity contribution in [1.29, 1.82) is 0 Å². The van der Waals surface area contributed by atoms with E-state index in [2.05, 4.69) is 15.0 Å². The summed E-state index contributed by atoms with van der Waals surface area (Å²) in [6, 6.07) is 0. The predicted octanol–water partition coefficient (Wildman–Crippen LogP) is 2.11. The second-order valence-electron chi connectivity index (χ2n) is 6.19. The van der Waals surface area contributed by atoms with Gasteiger partial charge in [0.2, 0.25) is 0 Å². The number of carbonyl (C=O) groups excluding carboxylic acids is 1. The van der Waals surface area contributed by atoms with E-state index >= 15 is 0 Å². The highest BCUT2D eigenvalue weighted by Gasteiger charge is 2.22. The van der Waals surface area contributed by atoms with Gasteiger partial charge in [0.1, 0.15) is 16.3 Å². The Morgan fingerprint density at radius 2 is 2.07 bits per heavy atom. The van der Waals surface area contributed by atoms with Crippen molar-refractivity contribution in [2.45, 2.75) is 13.8 Å². The monoisotopic (exact) mass is 380 g/mol. The van der Waals surface area contributed by atoms with Gasteiger partial charge < -0.3 is 20.9 Å². The van der Waals surface area contributed by atoms with Gasteiger partial charge in [-0.2, -0.15) is 0 Å². The summed E-state index contributed by atoms with van der Waals surface area (Å²) in [4.78, 5) is 35.7. The van der Waals surface area contributed by atoms with E-state index < -0.39 is 5.91 Å². The Morgan fingerprint density at radius 1 is 1.30 bits per heavy atom. The fourth-order valence-electron chi connectivity index (χ4n) is 3.21. The van der Waals surface area contributed by atoms with E-state index in [1.807, 2.05) is 12.3 Å². The van der Waals surface area contributed by atoms with E-state index in [-0.39, 0.29) is 16.8 Å². The molecule has 136 valence electrons. The number of rotatable bonds is 3. The first-order valence-corrected chi connectivity index (χ1v) is 8.96. The summed E-state index contributed by atoms with van der Waals surface area (Å²) in [5, 5.41) is 2.56. The summed E-state index contributed by atoms with van der Waals surface area (Å²) in [5.41, 5.74) is 15.6. The number of thiazole rings is 1. The lowest BCUT2D eigenvalue weighted by molar-refractivity contribution is 0.100. The number of amides is 1. The molecule has 0 bridgehead atoms. The number of nitrogen functional groups attached to an aromatic ring is 1. The second-order valence-corrected chi connectivity index (χ2v) is 7.09. The van der Waals surface area contributed by atoms with Gasteiger partial charge in [-0.1, -0.05) is 0 Å². The molecule has 0 aliphatic rings. The Balaban J connectivity index is 2.09. The first kappa shape index (κ1) is 17.0. The summed E-state index contributed by atoms with van der Waals surface area (Å²) in [6.45, 7) is 3.57. The molecule has 0 saturated carbocycles. The molecule has 4 aromatic heterocycles. The smallest absolute Gasteiger partial charge is 0.254 e. The van der Waals surface area contributed by atoms with Crippen molar-refractivity contribution in [3.63, 3.8) is 0 Å². The van der Waals surface area contributed by atoms with E-state index in [4.69, 9.17) is 11.5 Å². The van der Waals surface area contributed by atoms with Gasteiger partial charge in [-0.3, -0.25) is 9.59 Å². The third-order valence-electron chi connectivity index (χ3n) is 4.48. The lowest BCUT2D eigenvalue weighted by Gasteiger charge is -2.15. The van der Waals surface area contributed by atoms with Crippen molar-refractivity contribution in [2.75, 3.05) is 5.73 Å². The largest absolute Gasteiger partial charge is 0.397 e. The van der Waals surface area contributed by atoms with Gasteiger partial charge in [-0.25, -0.2) is 9.97 Å². The molecule has 0 aromatic carbocycles. The van der Waals surface area contributed by atoms with Crippen LogP contribution in [0.2, 0.25) is 0 Å². The molecule has 9 heteroatoms. The van der Waals surface area contributed by atoms with E-state index in [1.165, 1.54) is 11.3 Å². The number of nitrogens with zero attached hydrogens (tertiary/aromatic N) is 3. The van der Waals surface area contributed by atoms with E-state index in [1.54, 1.807) is 36.1 Å². The number of aromatic nitrogens is 4. The van der Waals surface area contributed by atoms with Gasteiger partial charge in [-0.05, 0) is 25.0 Å². The molecule has 0 saturated heterocycles. The normalized spacial score (nSPS) is 11.2. The average molecular weight is 380 g/mol. The van der Waals surface area contributed by atoms with Gasteiger partial charge in [0.15, 0.2) is 5.65 Å². The molecule has 27 heavy (non-hydrogen) atoms. The number of hydrogen-bond donors (Lipinski definition) is 3. The molecule has 0 spiro atoms. The number of imidazole rings is 1. The molecular weight excluding hydrogens is 364 g/mol. The molecule has 4 aromatic rings. The van der Waals surface area contributed by atoms with Gasteiger partial charge in [0, 0.05) is 41.3 Å². The molecule has 4 heterocycles. The van der Waals surface area contributed by atoms with Crippen molar-refractivity contribution in [2.24, 2.45) is 5.73 Å². The third-order valence-corrected chi connectivity index (χ3v) is 5.28. The number of hydrogen-bond acceptors (Lipinski definition) is 6. The molecule has 4 rings (SSSR count). The number of anilines is 1.